The van der Waals surface area contributed by atoms with Crippen molar-refractivity contribution >= 4 is 35.0 Å². The Balaban J connectivity index is 1.28. The molecule has 0 aromatic heterocycles. The Morgan fingerprint density at radius 2 is 1.45 bits per heavy atom. The van der Waals surface area contributed by atoms with Crippen LogP contribution in [0.1, 0.15) is 38.5 Å². The van der Waals surface area contributed by atoms with Gasteiger partial charge < -0.3 is 26.6 Å². The summed E-state index contributed by atoms with van der Waals surface area (Å²) in [7, 11) is 0. The van der Waals surface area contributed by atoms with Crippen molar-refractivity contribution in [2.75, 3.05) is 12.0 Å². The summed E-state index contributed by atoms with van der Waals surface area (Å²) in [6, 6.07) is 3.97. The summed E-state index contributed by atoms with van der Waals surface area (Å²) >= 11 is 5.97. The van der Waals surface area contributed by atoms with Gasteiger partial charge in [-0.2, -0.15) is 0 Å². The number of halogens is 2. The molecule has 0 atom stereocenters. The van der Waals surface area contributed by atoms with Gasteiger partial charge in [-0.15, -0.1) is 0 Å². The van der Waals surface area contributed by atoms with Crippen LogP contribution in [0.2, 0.25) is 5.02 Å². The highest BCUT2D eigenvalue weighted by molar-refractivity contribution is 6.33. The molecule has 8 nitrogen and oxygen atoms in total. The van der Waals surface area contributed by atoms with Crippen molar-refractivity contribution in [2.45, 2.75) is 50.6 Å². The van der Waals surface area contributed by atoms with Crippen LogP contribution in [-0.4, -0.2) is 36.5 Å². The van der Waals surface area contributed by atoms with E-state index in [0.29, 0.717) is 38.0 Å². The summed E-state index contributed by atoms with van der Waals surface area (Å²) in [4.78, 5) is 37.5. The lowest BCUT2D eigenvalue weighted by atomic mass is 9.85. The number of hydrogen-bond donors (Lipinski definition) is 5. The largest absolute Gasteiger partial charge is 0.362 e. The lowest BCUT2D eigenvalue weighted by Crippen LogP contribution is -2.42. The number of carbonyl (C=O) groups is 3. The smallest absolute Gasteiger partial charge is 0.269 e. The third-order valence-electron chi connectivity index (χ3n) is 5.77. The Bertz CT molecular complexity index is 926. The standard InChI is InChI=1S/C21H25ClFN5O3/c22-15-9-12(23)3-8-16(15)28-19(29)11-1-4-13(5-2-11)26-20(30)17-18(25-10-24-17)21(31)27-14-6-7-14/h3,8-9,11,13-14,24-25H,1-2,4-7,10H2,(H,26,30)(H,27,31)(H,28,29). The van der Waals surface area contributed by atoms with Crippen molar-refractivity contribution in [3.05, 3.63) is 40.4 Å². The van der Waals surface area contributed by atoms with Crippen LogP contribution in [0.3, 0.4) is 0 Å². The zero-order valence-electron chi connectivity index (χ0n) is 16.9. The zero-order chi connectivity index (χ0) is 22.0. The number of anilines is 1. The molecule has 166 valence electrons. The molecule has 0 bridgehead atoms. The van der Waals surface area contributed by atoms with E-state index < -0.39 is 5.82 Å². The number of benzene rings is 1. The highest BCUT2D eigenvalue weighted by Crippen LogP contribution is 2.28. The molecule has 5 N–H and O–H groups in total. The molecule has 2 aliphatic carbocycles. The molecule has 1 heterocycles. The topological polar surface area (TPSA) is 111 Å². The van der Waals surface area contributed by atoms with Crippen LogP contribution in [0.25, 0.3) is 0 Å². The summed E-state index contributed by atoms with van der Waals surface area (Å²) in [5, 5.41) is 14.6. The second-order valence-electron chi connectivity index (χ2n) is 8.16. The molecule has 0 unspecified atom stereocenters. The van der Waals surface area contributed by atoms with Crippen LogP contribution in [0.4, 0.5) is 10.1 Å². The summed E-state index contributed by atoms with van der Waals surface area (Å²) in [6.45, 7) is 0.328. The average Bonchev–Trinajstić information content (AvgIpc) is 3.41. The molecule has 0 saturated heterocycles. The summed E-state index contributed by atoms with van der Waals surface area (Å²) < 4.78 is 13.2. The Morgan fingerprint density at radius 1 is 0.903 bits per heavy atom. The van der Waals surface area contributed by atoms with E-state index in [1.165, 1.54) is 12.1 Å². The quantitative estimate of drug-likeness (QED) is 0.454. The first kappa shape index (κ1) is 21.4. The van der Waals surface area contributed by atoms with Crippen molar-refractivity contribution in [3.63, 3.8) is 0 Å². The molecule has 0 spiro atoms. The van der Waals surface area contributed by atoms with Gasteiger partial charge in [0, 0.05) is 18.0 Å². The van der Waals surface area contributed by atoms with E-state index >= 15 is 0 Å². The van der Waals surface area contributed by atoms with Crippen molar-refractivity contribution in [1.82, 2.24) is 21.3 Å². The number of nitrogens with one attached hydrogen (secondary N) is 5. The third kappa shape index (κ3) is 5.28. The molecular weight excluding hydrogens is 425 g/mol. The summed E-state index contributed by atoms with van der Waals surface area (Å²) in [6.07, 6.45) is 4.44. The highest BCUT2D eigenvalue weighted by atomic mass is 35.5. The van der Waals surface area contributed by atoms with Gasteiger partial charge >= 0.3 is 0 Å². The molecule has 3 amide bonds. The molecule has 2 fully saturated rings. The molecule has 10 heteroatoms. The number of hydrogen-bond acceptors (Lipinski definition) is 5. The van der Waals surface area contributed by atoms with E-state index in [1.807, 2.05) is 0 Å². The number of amides is 3. The molecule has 1 aromatic rings. The second kappa shape index (κ2) is 9.13. The molecular formula is C21H25ClFN5O3. The van der Waals surface area contributed by atoms with Crippen LogP contribution in [0, 0.1) is 11.7 Å². The minimum Gasteiger partial charge on any atom is -0.362 e. The normalized spacial score (nSPS) is 22.9. The number of rotatable bonds is 6. The third-order valence-corrected chi connectivity index (χ3v) is 6.08. The van der Waals surface area contributed by atoms with Gasteiger partial charge in [0.05, 0.1) is 17.4 Å². The zero-order valence-corrected chi connectivity index (χ0v) is 17.7. The lowest BCUT2D eigenvalue weighted by Gasteiger charge is -2.28. The van der Waals surface area contributed by atoms with Crippen molar-refractivity contribution < 1.29 is 18.8 Å². The first-order chi connectivity index (χ1) is 14.9. The molecule has 0 radical (unpaired) electrons. The second-order valence-corrected chi connectivity index (χ2v) is 8.57. The van der Waals surface area contributed by atoms with Gasteiger partial charge in [0.2, 0.25) is 5.91 Å². The van der Waals surface area contributed by atoms with Gasteiger partial charge in [-0.1, -0.05) is 11.6 Å². The SMILES string of the molecule is O=C(NC1CC1)C1=C(C(=O)NC2CCC(C(=O)Nc3ccc(F)cc3Cl)CC2)NCN1. The maximum absolute atomic E-state index is 13.2. The van der Waals surface area contributed by atoms with Crippen molar-refractivity contribution in [1.29, 1.82) is 0 Å². The van der Waals surface area contributed by atoms with Gasteiger partial charge in [0.15, 0.2) is 0 Å². The van der Waals surface area contributed by atoms with E-state index in [9.17, 15) is 18.8 Å². The molecule has 1 aromatic carbocycles. The Kier molecular flexibility index (Phi) is 6.31. The van der Waals surface area contributed by atoms with Gasteiger partial charge in [-0.05, 0) is 56.7 Å². The van der Waals surface area contributed by atoms with Crippen molar-refractivity contribution in [3.8, 4) is 0 Å². The number of carbonyl (C=O) groups excluding carboxylic acids is 3. The van der Waals surface area contributed by atoms with E-state index in [4.69, 9.17) is 11.6 Å². The van der Waals surface area contributed by atoms with Crippen LogP contribution in [0.5, 0.6) is 0 Å². The Hall–Kier alpha value is -2.81. The molecule has 3 aliphatic rings. The fourth-order valence-electron chi connectivity index (χ4n) is 3.85. The van der Waals surface area contributed by atoms with Crippen LogP contribution in [0.15, 0.2) is 29.6 Å². The maximum Gasteiger partial charge on any atom is 0.269 e. The Labute approximate surface area is 184 Å². The first-order valence-corrected chi connectivity index (χ1v) is 10.9. The summed E-state index contributed by atoms with van der Waals surface area (Å²) in [5.41, 5.74) is 0.907. The summed E-state index contributed by atoms with van der Waals surface area (Å²) in [5.74, 6) is -1.43. The fourth-order valence-corrected chi connectivity index (χ4v) is 4.07. The fraction of sp³-hybridized carbons (Fsp3) is 0.476. The highest BCUT2D eigenvalue weighted by Gasteiger charge is 2.32. The average molecular weight is 450 g/mol. The van der Waals surface area contributed by atoms with Crippen LogP contribution >= 0.6 is 11.6 Å². The molecule has 1 aliphatic heterocycles. The van der Waals surface area contributed by atoms with E-state index in [2.05, 4.69) is 26.6 Å². The van der Waals surface area contributed by atoms with Gasteiger partial charge in [-0.25, -0.2) is 4.39 Å². The molecule has 2 saturated carbocycles. The van der Waals surface area contributed by atoms with Crippen LogP contribution in [-0.2, 0) is 14.4 Å². The van der Waals surface area contributed by atoms with Crippen molar-refractivity contribution in [2.24, 2.45) is 5.92 Å². The first-order valence-electron chi connectivity index (χ1n) is 10.5. The lowest BCUT2D eigenvalue weighted by molar-refractivity contribution is -0.122. The van der Waals surface area contributed by atoms with Gasteiger partial charge in [0.1, 0.15) is 17.2 Å². The predicted octanol–water partition coefficient (Wildman–Crippen LogP) is 1.73. The molecule has 31 heavy (non-hydrogen) atoms. The van der Waals surface area contributed by atoms with Gasteiger partial charge in [0.25, 0.3) is 11.8 Å². The van der Waals surface area contributed by atoms with E-state index in [1.54, 1.807) is 0 Å². The Morgan fingerprint density at radius 3 is 1.97 bits per heavy atom. The van der Waals surface area contributed by atoms with Gasteiger partial charge in [-0.3, -0.25) is 14.4 Å². The minimum atomic E-state index is -0.463. The maximum atomic E-state index is 13.2. The molecule has 4 rings (SSSR count). The minimum absolute atomic E-state index is 0.0754. The predicted molar refractivity (Wildman–Crippen MR) is 113 cm³/mol. The monoisotopic (exact) mass is 449 g/mol. The van der Waals surface area contributed by atoms with E-state index in [-0.39, 0.29) is 52.1 Å². The van der Waals surface area contributed by atoms with Crippen LogP contribution < -0.4 is 26.6 Å². The van der Waals surface area contributed by atoms with E-state index in [0.717, 1.165) is 18.9 Å².